The molecule has 0 aromatic heterocycles. The zero-order valence-corrected chi connectivity index (χ0v) is 12.4. The molecule has 6 heteroatoms. The first kappa shape index (κ1) is 13.9. The number of benzene rings is 1. The van der Waals surface area contributed by atoms with Gasteiger partial charge in [0.05, 0.1) is 11.4 Å². The lowest BCUT2D eigenvalue weighted by molar-refractivity contribution is 0.182. The van der Waals surface area contributed by atoms with Crippen molar-refractivity contribution in [2.45, 2.75) is 30.6 Å². The summed E-state index contributed by atoms with van der Waals surface area (Å²) in [7, 11) is -1.18. The lowest BCUT2D eigenvalue weighted by Gasteiger charge is -2.15. The molecule has 0 radical (unpaired) electrons. The molecule has 20 heavy (non-hydrogen) atoms. The van der Waals surface area contributed by atoms with Gasteiger partial charge in [-0.25, -0.2) is 13.1 Å². The highest BCUT2D eigenvalue weighted by Crippen LogP contribution is 2.30. The van der Waals surface area contributed by atoms with Gasteiger partial charge in [0, 0.05) is 25.8 Å². The second-order valence-electron chi connectivity index (χ2n) is 5.67. The van der Waals surface area contributed by atoms with Gasteiger partial charge in [0.25, 0.3) is 0 Å². The van der Waals surface area contributed by atoms with Crippen LogP contribution in [0.3, 0.4) is 0 Å². The van der Waals surface area contributed by atoms with Crippen LogP contribution in [-0.4, -0.2) is 38.9 Å². The maximum Gasteiger partial charge on any atom is 0.214 e. The molecule has 1 saturated carbocycles. The number of nitrogens with zero attached hydrogens (tertiary/aromatic N) is 1. The van der Waals surface area contributed by atoms with E-state index < -0.39 is 16.1 Å². The molecule has 0 spiro atoms. The fraction of sp³-hybridized carbons (Fsp3) is 0.571. The summed E-state index contributed by atoms with van der Waals surface area (Å²) in [6.45, 7) is 1.04. The number of anilines is 1. The average Bonchev–Trinajstić information content (AvgIpc) is 3.22. The van der Waals surface area contributed by atoms with E-state index in [2.05, 4.69) is 9.62 Å². The summed E-state index contributed by atoms with van der Waals surface area (Å²) in [6, 6.07) is 5.85. The van der Waals surface area contributed by atoms with Crippen molar-refractivity contribution in [3.63, 3.8) is 0 Å². The van der Waals surface area contributed by atoms with Crippen molar-refractivity contribution in [2.24, 2.45) is 0 Å². The van der Waals surface area contributed by atoms with Crippen molar-refractivity contribution in [3.05, 3.63) is 29.3 Å². The summed E-state index contributed by atoms with van der Waals surface area (Å²) in [5, 5.41) is 9.90. The van der Waals surface area contributed by atoms with Gasteiger partial charge in [-0.05, 0) is 36.5 Å². The van der Waals surface area contributed by atoms with Crippen LogP contribution in [0.15, 0.2) is 18.2 Å². The molecule has 1 aromatic carbocycles. The Morgan fingerprint density at radius 1 is 1.45 bits per heavy atom. The normalized spacial score (nSPS) is 20.0. The molecule has 1 aliphatic heterocycles. The molecule has 1 fully saturated rings. The molecular formula is C14H20N2O3S. The van der Waals surface area contributed by atoms with Crippen molar-refractivity contribution in [2.75, 3.05) is 25.0 Å². The van der Waals surface area contributed by atoms with Gasteiger partial charge >= 0.3 is 0 Å². The number of rotatable bonds is 5. The van der Waals surface area contributed by atoms with E-state index in [4.69, 9.17) is 0 Å². The number of hydrogen-bond acceptors (Lipinski definition) is 4. The second kappa shape index (κ2) is 5.02. The number of aliphatic hydroxyl groups excluding tert-OH is 1. The van der Waals surface area contributed by atoms with Gasteiger partial charge in [-0.3, -0.25) is 0 Å². The zero-order chi connectivity index (χ0) is 14.3. The first-order valence-electron chi connectivity index (χ1n) is 6.98. The molecule has 1 unspecified atom stereocenters. The van der Waals surface area contributed by atoms with Gasteiger partial charge in [-0.1, -0.05) is 12.1 Å². The Bertz CT molecular complexity index is 611. The molecule has 3 rings (SSSR count). The standard InChI is InChI=1S/C14H20N2O3S/c1-16-7-6-10-8-11(2-5-13(10)16)14(17)9-15-20(18,19)12-3-4-12/h2,5,8,12,14-15,17H,3-4,6-7,9H2,1H3. The fourth-order valence-electron chi connectivity index (χ4n) is 2.60. The van der Waals surface area contributed by atoms with E-state index in [-0.39, 0.29) is 11.8 Å². The number of fused-ring (bicyclic) bond motifs is 1. The molecule has 0 bridgehead atoms. The van der Waals surface area contributed by atoms with Gasteiger partial charge in [0.2, 0.25) is 10.0 Å². The predicted molar refractivity (Wildman–Crippen MR) is 78.3 cm³/mol. The van der Waals surface area contributed by atoms with Crippen LogP contribution in [0.2, 0.25) is 0 Å². The Morgan fingerprint density at radius 2 is 2.20 bits per heavy atom. The molecule has 1 heterocycles. The van der Waals surface area contributed by atoms with E-state index in [0.29, 0.717) is 0 Å². The molecule has 1 aliphatic carbocycles. The first-order valence-corrected chi connectivity index (χ1v) is 8.52. The molecule has 1 aromatic rings. The predicted octanol–water partition coefficient (Wildman–Crippen LogP) is 0.794. The SMILES string of the molecule is CN1CCc2cc(C(O)CNS(=O)(=O)C3CC3)ccc21. The van der Waals surface area contributed by atoms with Gasteiger partial charge < -0.3 is 10.0 Å². The highest BCUT2D eigenvalue weighted by molar-refractivity contribution is 7.90. The van der Waals surface area contributed by atoms with Crippen molar-refractivity contribution in [1.82, 2.24) is 4.72 Å². The average molecular weight is 296 g/mol. The maximum atomic E-state index is 11.7. The van der Waals surface area contributed by atoms with E-state index in [0.717, 1.165) is 31.4 Å². The lowest BCUT2D eigenvalue weighted by atomic mass is 10.0. The van der Waals surface area contributed by atoms with E-state index in [1.54, 1.807) is 0 Å². The minimum absolute atomic E-state index is 0.0491. The van der Waals surface area contributed by atoms with Crippen LogP contribution in [-0.2, 0) is 16.4 Å². The summed E-state index contributed by atoms with van der Waals surface area (Å²) >= 11 is 0. The van der Waals surface area contributed by atoms with E-state index in [9.17, 15) is 13.5 Å². The topological polar surface area (TPSA) is 69.6 Å². The Kier molecular flexibility index (Phi) is 3.48. The summed E-state index contributed by atoms with van der Waals surface area (Å²) in [4.78, 5) is 2.18. The van der Waals surface area contributed by atoms with E-state index in [1.165, 1.54) is 11.3 Å². The Balaban J connectivity index is 1.67. The van der Waals surface area contributed by atoms with Gasteiger partial charge in [0.1, 0.15) is 0 Å². The third kappa shape index (κ3) is 2.68. The minimum atomic E-state index is -3.23. The fourth-order valence-corrected chi connectivity index (χ4v) is 3.99. The van der Waals surface area contributed by atoms with Crippen LogP contribution in [0, 0.1) is 0 Å². The van der Waals surface area contributed by atoms with Crippen LogP contribution in [0.4, 0.5) is 5.69 Å². The number of aliphatic hydroxyl groups is 1. The lowest BCUT2D eigenvalue weighted by Crippen LogP contribution is -2.31. The van der Waals surface area contributed by atoms with Crippen LogP contribution >= 0.6 is 0 Å². The first-order chi connectivity index (χ1) is 9.47. The van der Waals surface area contributed by atoms with Gasteiger partial charge in [-0.2, -0.15) is 0 Å². The van der Waals surface area contributed by atoms with Crippen molar-refractivity contribution in [3.8, 4) is 0 Å². The molecule has 110 valence electrons. The van der Waals surface area contributed by atoms with Crippen LogP contribution < -0.4 is 9.62 Å². The molecule has 2 N–H and O–H groups in total. The second-order valence-corrected chi connectivity index (χ2v) is 7.71. The molecule has 0 saturated heterocycles. The van der Waals surface area contributed by atoms with Crippen LogP contribution in [0.1, 0.15) is 30.1 Å². The Labute approximate surface area is 119 Å². The number of hydrogen-bond donors (Lipinski definition) is 2. The highest BCUT2D eigenvalue weighted by atomic mass is 32.2. The van der Waals surface area contributed by atoms with Gasteiger partial charge in [-0.15, -0.1) is 0 Å². The number of sulfonamides is 1. The minimum Gasteiger partial charge on any atom is -0.387 e. The van der Waals surface area contributed by atoms with Crippen molar-refractivity contribution < 1.29 is 13.5 Å². The molecular weight excluding hydrogens is 276 g/mol. The van der Waals surface area contributed by atoms with Gasteiger partial charge in [0.15, 0.2) is 0 Å². The zero-order valence-electron chi connectivity index (χ0n) is 11.5. The summed E-state index contributed by atoms with van der Waals surface area (Å²) < 4.78 is 26.0. The molecule has 1 atom stereocenters. The maximum absolute atomic E-state index is 11.7. The van der Waals surface area contributed by atoms with Crippen LogP contribution in [0.25, 0.3) is 0 Å². The third-order valence-electron chi connectivity index (χ3n) is 4.06. The monoisotopic (exact) mass is 296 g/mol. The molecule has 0 amide bonds. The van der Waals surface area contributed by atoms with Crippen LogP contribution in [0.5, 0.6) is 0 Å². The largest absolute Gasteiger partial charge is 0.387 e. The summed E-state index contributed by atoms with van der Waals surface area (Å²) in [5.41, 5.74) is 3.19. The summed E-state index contributed by atoms with van der Waals surface area (Å²) in [5.74, 6) is 0. The van der Waals surface area contributed by atoms with E-state index >= 15 is 0 Å². The van der Waals surface area contributed by atoms with Crippen molar-refractivity contribution in [1.29, 1.82) is 0 Å². The van der Waals surface area contributed by atoms with E-state index in [1.807, 2.05) is 25.2 Å². The summed E-state index contributed by atoms with van der Waals surface area (Å²) in [6.07, 6.45) is 1.65. The third-order valence-corrected chi connectivity index (χ3v) is 5.98. The number of nitrogens with one attached hydrogen (secondary N) is 1. The highest BCUT2D eigenvalue weighted by Gasteiger charge is 2.35. The smallest absolute Gasteiger partial charge is 0.214 e. The molecule has 2 aliphatic rings. The number of likely N-dealkylation sites (N-methyl/N-ethyl adjacent to an activating group) is 1. The Morgan fingerprint density at radius 3 is 2.90 bits per heavy atom. The van der Waals surface area contributed by atoms with Crippen molar-refractivity contribution >= 4 is 15.7 Å². The quantitative estimate of drug-likeness (QED) is 0.843. The molecule has 5 nitrogen and oxygen atoms in total. The Hall–Kier alpha value is -1.11.